The number of ether oxygens (including phenoxy) is 2. The van der Waals surface area contributed by atoms with E-state index in [1.807, 2.05) is 30.3 Å². The molecule has 2 aromatic rings. The van der Waals surface area contributed by atoms with Gasteiger partial charge in [-0.25, -0.2) is 4.79 Å². The SMILES string of the molecule is COc1ccc(CNC(=O)NCC(OC)c2ccco2)cc1. The molecular formula is C16H20N2O4. The smallest absolute Gasteiger partial charge is 0.315 e. The third kappa shape index (κ3) is 4.53. The number of carbonyl (C=O) groups excluding carboxylic acids is 1. The lowest BCUT2D eigenvalue weighted by atomic mass is 10.2. The third-order valence-electron chi connectivity index (χ3n) is 3.21. The summed E-state index contributed by atoms with van der Waals surface area (Å²) >= 11 is 0. The molecule has 0 aliphatic carbocycles. The van der Waals surface area contributed by atoms with Gasteiger partial charge in [-0.1, -0.05) is 12.1 Å². The van der Waals surface area contributed by atoms with Crippen molar-refractivity contribution in [1.82, 2.24) is 10.6 Å². The Morgan fingerprint density at radius 1 is 1.18 bits per heavy atom. The lowest BCUT2D eigenvalue weighted by molar-refractivity contribution is 0.0850. The van der Waals surface area contributed by atoms with Crippen molar-refractivity contribution in [2.24, 2.45) is 0 Å². The molecule has 0 radical (unpaired) electrons. The molecular weight excluding hydrogens is 284 g/mol. The maximum Gasteiger partial charge on any atom is 0.315 e. The van der Waals surface area contributed by atoms with Crippen LogP contribution in [0.2, 0.25) is 0 Å². The Bertz CT molecular complexity index is 566. The minimum Gasteiger partial charge on any atom is -0.497 e. The third-order valence-corrected chi connectivity index (χ3v) is 3.21. The van der Waals surface area contributed by atoms with Crippen molar-refractivity contribution in [3.63, 3.8) is 0 Å². The second-order valence-electron chi connectivity index (χ2n) is 4.65. The largest absolute Gasteiger partial charge is 0.497 e. The van der Waals surface area contributed by atoms with Crippen LogP contribution in [-0.2, 0) is 11.3 Å². The molecule has 0 fully saturated rings. The number of benzene rings is 1. The van der Waals surface area contributed by atoms with Gasteiger partial charge in [-0.05, 0) is 29.8 Å². The summed E-state index contributed by atoms with van der Waals surface area (Å²) in [5.74, 6) is 1.47. The second kappa shape index (κ2) is 8.09. The first-order valence-electron chi connectivity index (χ1n) is 6.93. The molecule has 2 N–H and O–H groups in total. The van der Waals surface area contributed by atoms with Crippen molar-refractivity contribution < 1.29 is 18.7 Å². The molecule has 0 spiro atoms. The summed E-state index contributed by atoms with van der Waals surface area (Å²) in [7, 11) is 3.19. The number of amides is 2. The van der Waals surface area contributed by atoms with E-state index < -0.39 is 0 Å². The number of urea groups is 1. The summed E-state index contributed by atoms with van der Waals surface area (Å²) in [5, 5.41) is 5.54. The van der Waals surface area contributed by atoms with Gasteiger partial charge in [0.05, 0.1) is 19.9 Å². The molecule has 1 aromatic carbocycles. The molecule has 1 atom stereocenters. The van der Waals surface area contributed by atoms with Crippen LogP contribution in [0.1, 0.15) is 17.4 Å². The standard InChI is InChI=1S/C16H20N2O4/c1-20-13-7-5-12(6-8-13)10-17-16(19)18-11-15(21-2)14-4-3-9-22-14/h3-9,15H,10-11H2,1-2H3,(H2,17,18,19). The highest BCUT2D eigenvalue weighted by Crippen LogP contribution is 2.15. The predicted molar refractivity (Wildman–Crippen MR) is 81.7 cm³/mol. The second-order valence-corrected chi connectivity index (χ2v) is 4.65. The van der Waals surface area contributed by atoms with Crippen LogP contribution in [0.15, 0.2) is 47.1 Å². The quantitative estimate of drug-likeness (QED) is 0.824. The number of hydrogen-bond donors (Lipinski definition) is 2. The number of furan rings is 1. The average molecular weight is 304 g/mol. The van der Waals surface area contributed by atoms with E-state index in [0.29, 0.717) is 18.8 Å². The summed E-state index contributed by atoms with van der Waals surface area (Å²) in [6.07, 6.45) is 1.27. The normalized spacial score (nSPS) is 11.7. The molecule has 2 rings (SSSR count). The van der Waals surface area contributed by atoms with Crippen LogP contribution in [-0.4, -0.2) is 26.8 Å². The number of hydrogen-bond acceptors (Lipinski definition) is 4. The van der Waals surface area contributed by atoms with Crippen LogP contribution >= 0.6 is 0 Å². The summed E-state index contributed by atoms with van der Waals surface area (Å²) in [4.78, 5) is 11.8. The van der Waals surface area contributed by atoms with Crippen LogP contribution in [0.4, 0.5) is 4.79 Å². The van der Waals surface area contributed by atoms with Gasteiger partial charge in [0, 0.05) is 13.7 Å². The van der Waals surface area contributed by atoms with Gasteiger partial charge < -0.3 is 24.5 Å². The summed E-state index contributed by atoms with van der Waals surface area (Å²) in [6.45, 7) is 0.771. The van der Waals surface area contributed by atoms with Crippen LogP contribution in [0.3, 0.4) is 0 Å². The minimum atomic E-state index is -0.304. The Labute approximate surface area is 129 Å². The van der Waals surface area contributed by atoms with E-state index in [4.69, 9.17) is 13.9 Å². The summed E-state index contributed by atoms with van der Waals surface area (Å²) in [5.41, 5.74) is 0.991. The molecule has 118 valence electrons. The molecule has 0 aliphatic heterocycles. The van der Waals surface area contributed by atoms with E-state index in [-0.39, 0.29) is 12.1 Å². The first-order chi connectivity index (χ1) is 10.7. The predicted octanol–water partition coefficient (Wildman–Crippen LogP) is 2.48. The first kappa shape index (κ1) is 15.9. The van der Waals surface area contributed by atoms with Crippen molar-refractivity contribution in [3.05, 3.63) is 54.0 Å². The van der Waals surface area contributed by atoms with Gasteiger partial charge in [-0.2, -0.15) is 0 Å². The zero-order chi connectivity index (χ0) is 15.8. The number of rotatable bonds is 7. The van der Waals surface area contributed by atoms with Gasteiger partial charge in [0.15, 0.2) is 0 Å². The molecule has 6 nitrogen and oxygen atoms in total. The fourth-order valence-corrected chi connectivity index (χ4v) is 1.95. The molecule has 0 bridgehead atoms. The van der Waals surface area contributed by atoms with Gasteiger partial charge in [0.2, 0.25) is 0 Å². The fourth-order valence-electron chi connectivity index (χ4n) is 1.95. The molecule has 1 heterocycles. The molecule has 6 heteroatoms. The molecule has 22 heavy (non-hydrogen) atoms. The fraction of sp³-hybridized carbons (Fsp3) is 0.312. The van der Waals surface area contributed by atoms with Gasteiger partial charge >= 0.3 is 6.03 Å². The maximum atomic E-state index is 11.8. The summed E-state index contributed by atoms with van der Waals surface area (Å²) < 4.78 is 15.6. The molecule has 1 unspecified atom stereocenters. The lowest BCUT2D eigenvalue weighted by Crippen LogP contribution is -2.37. The lowest BCUT2D eigenvalue weighted by Gasteiger charge is -2.14. The van der Waals surface area contributed by atoms with Crippen LogP contribution < -0.4 is 15.4 Å². The maximum absolute atomic E-state index is 11.8. The number of methoxy groups -OCH3 is 2. The van der Waals surface area contributed by atoms with Crippen molar-refractivity contribution in [2.75, 3.05) is 20.8 Å². The number of carbonyl (C=O) groups is 1. The average Bonchev–Trinajstić information content (AvgIpc) is 3.08. The van der Waals surface area contributed by atoms with E-state index >= 15 is 0 Å². The Kier molecular flexibility index (Phi) is 5.85. The monoisotopic (exact) mass is 304 g/mol. The number of nitrogens with one attached hydrogen (secondary N) is 2. The van der Waals surface area contributed by atoms with E-state index in [1.54, 1.807) is 26.5 Å². The zero-order valence-electron chi connectivity index (χ0n) is 12.7. The van der Waals surface area contributed by atoms with Crippen molar-refractivity contribution >= 4 is 6.03 Å². The Morgan fingerprint density at radius 3 is 2.55 bits per heavy atom. The molecule has 2 amide bonds. The Balaban J connectivity index is 1.75. The Hall–Kier alpha value is -2.47. The first-order valence-corrected chi connectivity index (χ1v) is 6.93. The summed E-state index contributed by atoms with van der Waals surface area (Å²) in [6, 6.07) is 10.8. The van der Waals surface area contributed by atoms with E-state index in [9.17, 15) is 4.79 Å². The van der Waals surface area contributed by atoms with Crippen molar-refractivity contribution in [3.8, 4) is 5.75 Å². The van der Waals surface area contributed by atoms with Crippen molar-refractivity contribution in [1.29, 1.82) is 0 Å². The zero-order valence-corrected chi connectivity index (χ0v) is 12.7. The van der Waals surface area contributed by atoms with Gasteiger partial charge in [-0.3, -0.25) is 0 Å². The van der Waals surface area contributed by atoms with E-state index in [0.717, 1.165) is 11.3 Å². The van der Waals surface area contributed by atoms with Gasteiger partial charge in [-0.15, -0.1) is 0 Å². The molecule has 0 saturated heterocycles. The van der Waals surface area contributed by atoms with Crippen molar-refractivity contribution in [2.45, 2.75) is 12.6 Å². The highest BCUT2D eigenvalue weighted by Gasteiger charge is 2.14. The highest BCUT2D eigenvalue weighted by molar-refractivity contribution is 5.73. The topological polar surface area (TPSA) is 72.7 Å². The van der Waals surface area contributed by atoms with E-state index in [1.165, 1.54) is 0 Å². The van der Waals surface area contributed by atoms with Crippen LogP contribution in [0.25, 0.3) is 0 Å². The van der Waals surface area contributed by atoms with E-state index in [2.05, 4.69) is 10.6 Å². The van der Waals surface area contributed by atoms with Crippen LogP contribution in [0, 0.1) is 0 Å². The molecule has 1 aromatic heterocycles. The molecule has 0 aliphatic rings. The van der Waals surface area contributed by atoms with Gasteiger partial charge in [0.25, 0.3) is 0 Å². The van der Waals surface area contributed by atoms with Crippen LogP contribution in [0.5, 0.6) is 5.75 Å². The van der Waals surface area contributed by atoms with Gasteiger partial charge in [0.1, 0.15) is 17.6 Å². The highest BCUT2D eigenvalue weighted by atomic mass is 16.5. The molecule has 0 saturated carbocycles. The minimum absolute atomic E-state index is 0.260. The Morgan fingerprint density at radius 2 is 1.95 bits per heavy atom.